The lowest BCUT2D eigenvalue weighted by Crippen LogP contribution is -1.88. The number of hydrogen-bond donors (Lipinski definition) is 0. The predicted octanol–water partition coefficient (Wildman–Crippen LogP) is 6.20. The molecule has 0 saturated carbocycles. The van der Waals surface area contributed by atoms with Gasteiger partial charge in [0.2, 0.25) is 0 Å². The van der Waals surface area contributed by atoms with Crippen LogP contribution < -0.4 is 0 Å². The lowest BCUT2D eigenvalue weighted by molar-refractivity contribution is 1.19. The Labute approximate surface area is 153 Å². The molecule has 0 aliphatic heterocycles. The van der Waals surface area contributed by atoms with Crippen LogP contribution in [0.2, 0.25) is 0 Å². The van der Waals surface area contributed by atoms with Crippen LogP contribution in [0.4, 0.5) is 0 Å². The number of halogens is 2. The Bertz CT molecular complexity index is 834. The summed E-state index contributed by atoms with van der Waals surface area (Å²) in [6, 6.07) is 24.9. The molecule has 0 saturated heterocycles. The molecule has 2 heteroatoms. The van der Waals surface area contributed by atoms with E-state index in [-0.39, 0.29) is 0 Å². The van der Waals surface area contributed by atoms with Crippen molar-refractivity contribution in [1.29, 1.82) is 0 Å². The molecule has 23 heavy (non-hydrogen) atoms. The van der Waals surface area contributed by atoms with Gasteiger partial charge in [0.1, 0.15) is 0 Å². The quantitative estimate of drug-likeness (QED) is 0.428. The Morgan fingerprint density at radius 2 is 0.870 bits per heavy atom. The zero-order valence-electron chi connectivity index (χ0n) is 12.4. The summed E-state index contributed by atoms with van der Waals surface area (Å²) in [5.41, 5.74) is 4.66. The summed E-state index contributed by atoms with van der Waals surface area (Å²) in [6.45, 7) is 0. The van der Waals surface area contributed by atoms with Crippen LogP contribution in [0, 0.1) is 11.8 Å². The maximum absolute atomic E-state index is 3.46. The smallest absolute Gasteiger partial charge is 0.0249 e. The van der Waals surface area contributed by atoms with Crippen molar-refractivity contribution >= 4 is 31.9 Å². The van der Waals surface area contributed by atoms with Gasteiger partial charge in [-0.1, -0.05) is 68.0 Å². The van der Waals surface area contributed by atoms with Crippen molar-refractivity contribution < 1.29 is 0 Å². The van der Waals surface area contributed by atoms with E-state index in [1.807, 2.05) is 24.3 Å². The summed E-state index contributed by atoms with van der Waals surface area (Å²) >= 11 is 6.89. The Kier molecular flexibility index (Phi) is 5.33. The number of rotatable bonds is 2. The van der Waals surface area contributed by atoms with Crippen molar-refractivity contribution in [2.45, 2.75) is 6.42 Å². The second kappa shape index (κ2) is 7.64. The molecule has 3 aromatic rings. The van der Waals surface area contributed by atoms with Gasteiger partial charge in [-0.15, -0.1) is 0 Å². The van der Waals surface area contributed by atoms with Gasteiger partial charge in [-0.25, -0.2) is 0 Å². The molecule has 3 aromatic carbocycles. The third kappa shape index (κ3) is 4.82. The molecular weight excluding hydrogens is 412 g/mol. The maximum Gasteiger partial charge on any atom is 0.0249 e. The van der Waals surface area contributed by atoms with Crippen LogP contribution in [0.15, 0.2) is 81.7 Å². The molecule has 3 rings (SSSR count). The Morgan fingerprint density at radius 1 is 0.522 bits per heavy atom. The van der Waals surface area contributed by atoms with Crippen molar-refractivity contribution in [3.8, 4) is 11.8 Å². The molecule has 112 valence electrons. The second-order valence-electron chi connectivity index (χ2n) is 5.26. The van der Waals surface area contributed by atoms with Gasteiger partial charge in [0.25, 0.3) is 0 Å². The molecule has 0 radical (unpaired) electrons. The fraction of sp³-hybridized carbons (Fsp3) is 0.0476. The summed E-state index contributed by atoms with van der Waals surface area (Å²) in [5, 5.41) is 0. The molecule has 0 amide bonds. The Balaban J connectivity index is 1.70. The van der Waals surface area contributed by atoms with Gasteiger partial charge in [0, 0.05) is 20.1 Å². The Hall–Kier alpha value is -1.82. The zero-order valence-corrected chi connectivity index (χ0v) is 15.6. The molecule has 0 aliphatic rings. The molecule has 0 heterocycles. The van der Waals surface area contributed by atoms with E-state index in [1.165, 1.54) is 11.1 Å². The first-order valence-electron chi connectivity index (χ1n) is 7.30. The minimum atomic E-state index is 0.938. The van der Waals surface area contributed by atoms with Gasteiger partial charge in [-0.2, -0.15) is 0 Å². The zero-order chi connectivity index (χ0) is 16.1. The number of benzene rings is 3. The van der Waals surface area contributed by atoms with Gasteiger partial charge in [-0.3, -0.25) is 0 Å². The van der Waals surface area contributed by atoms with E-state index >= 15 is 0 Å². The summed E-state index contributed by atoms with van der Waals surface area (Å²) in [5.74, 6) is 6.39. The van der Waals surface area contributed by atoms with Crippen molar-refractivity contribution in [3.63, 3.8) is 0 Å². The molecule has 0 spiro atoms. The largest absolute Gasteiger partial charge is 0.0617 e. The van der Waals surface area contributed by atoms with Gasteiger partial charge in [0.05, 0.1) is 0 Å². The third-order valence-corrected chi connectivity index (χ3v) is 4.53. The highest BCUT2D eigenvalue weighted by molar-refractivity contribution is 9.10. The monoisotopic (exact) mass is 424 g/mol. The van der Waals surface area contributed by atoms with Crippen LogP contribution >= 0.6 is 31.9 Å². The highest BCUT2D eigenvalue weighted by Crippen LogP contribution is 2.15. The van der Waals surface area contributed by atoms with E-state index in [1.54, 1.807) is 0 Å². The summed E-state index contributed by atoms with van der Waals surface area (Å²) < 4.78 is 2.18. The molecule has 0 bridgehead atoms. The van der Waals surface area contributed by atoms with Crippen molar-refractivity contribution in [3.05, 3.63) is 104 Å². The molecular formula is C21H14Br2. The molecule has 0 aromatic heterocycles. The Morgan fingerprint density at radius 3 is 1.35 bits per heavy atom. The van der Waals surface area contributed by atoms with E-state index in [9.17, 15) is 0 Å². The van der Waals surface area contributed by atoms with Crippen LogP contribution in [-0.4, -0.2) is 0 Å². The fourth-order valence-corrected chi connectivity index (χ4v) is 2.75. The molecule has 0 atom stereocenters. The fourth-order valence-electron chi connectivity index (χ4n) is 2.22. The highest BCUT2D eigenvalue weighted by atomic mass is 79.9. The van der Waals surface area contributed by atoms with E-state index in [0.29, 0.717) is 0 Å². The summed E-state index contributed by atoms with van der Waals surface area (Å²) in [4.78, 5) is 0. The normalized spacial score (nSPS) is 10.0. The van der Waals surface area contributed by atoms with E-state index in [2.05, 4.69) is 92.2 Å². The van der Waals surface area contributed by atoms with Crippen molar-refractivity contribution in [2.75, 3.05) is 0 Å². The lowest BCUT2D eigenvalue weighted by atomic mass is 10.0. The number of hydrogen-bond acceptors (Lipinski definition) is 0. The van der Waals surface area contributed by atoms with E-state index < -0.39 is 0 Å². The van der Waals surface area contributed by atoms with Crippen LogP contribution in [0.5, 0.6) is 0 Å². The van der Waals surface area contributed by atoms with Gasteiger partial charge in [0.15, 0.2) is 0 Å². The topological polar surface area (TPSA) is 0 Å². The molecule has 0 nitrogen and oxygen atoms in total. The average molecular weight is 426 g/mol. The van der Waals surface area contributed by atoms with E-state index in [0.717, 1.165) is 26.5 Å². The first kappa shape index (κ1) is 16.1. The minimum Gasteiger partial charge on any atom is -0.0617 e. The second-order valence-corrected chi connectivity index (χ2v) is 7.09. The minimum absolute atomic E-state index is 0.938. The van der Waals surface area contributed by atoms with Crippen LogP contribution in [0.1, 0.15) is 22.3 Å². The molecule has 0 N–H and O–H groups in total. The molecule has 0 aliphatic carbocycles. The van der Waals surface area contributed by atoms with Crippen molar-refractivity contribution in [1.82, 2.24) is 0 Å². The first-order valence-corrected chi connectivity index (χ1v) is 8.89. The third-order valence-electron chi connectivity index (χ3n) is 3.47. The molecule has 0 unspecified atom stereocenters. The average Bonchev–Trinajstić information content (AvgIpc) is 2.58. The standard InChI is InChI=1S/C21H14Br2/c22-20-11-7-17(8-12-20)2-1-16-3-5-18(6-4-16)15-19-9-13-21(23)14-10-19/h3-14H,15H2. The van der Waals surface area contributed by atoms with Gasteiger partial charge in [-0.05, 0) is 66.1 Å². The maximum atomic E-state index is 3.46. The highest BCUT2D eigenvalue weighted by Gasteiger charge is 1.97. The summed E-state index contributed by atoms with van der Waals surface area (Å²) in [6.07, 6.45) is 0.938. The first-order chi connectivity index (χ1) is 11.2. The van der Waals surface area contributed by atoms with Crippen LogP contribution in [0.25, 0.3) is 0 Å². The van der Waals surface area contributed by atoms with Gasteiger partial charge >= 0.3 is 0 Å². The SMILES string of the molecule is Brc1ccc(C#Cc2ccc(Cc3ccc(Br)cc3)cc2)cc1. The van der Waals surface area contributed by atoms with Gasteiger partial charge < -0.3 is 0 Å². The van der Waals surface area contributed by atoms with E-state index in [4.69, 9.17) is 0 Å². The van der Waals surface area contributed by atoms with Crippen molar-refractivity contribution in [2.24, 2.45) is 0 Å². The predicted molar refractivity (Wildman–Crippen MR) is 104 cm³/mol. The van der Waals surface area contributed by atoms with Crippen LogP contribution in [0.3, 0.4) is 0 Å². The van der Waals surface area contributed by atoms with Crippen LogP contribution in [-0.2, 0) is 6.42 Å². The summed E-state index contributed by atoms with van der Waals surface area (Å²) in [7, 11) is 0. The lowest BCUT2D eigenvalue weighted by Gasteiger charge is -2.02. The molecule has 0 fully saturated rings.